The Morgan fingerprint density at radius 3 is 2.50 bits per heavy atom. The van der Waals surface area contributed by atoms with Crippen molar-refractivity contribution < 1.29 is 4.39 Å². The third kappa shape index (κ3) is 1.75. The molecule has 0 atom stereocenters. The summed E-state index contributed by atoms with van der Waals surface area (Å²) in [5, 5.41) is 0. The Kier molecular flexibility index (Phi) is 3.02. The van der Waals surface area contributed by atoms with Gasteiger partial charge in [-0.3, -0.25) is 0 Å². The van der Waals surface area contributed by atoms with Gasteiger partial charge in [0.15, 0.2) is 0 Å². The van der Waals surface area contributed by atoms with Gasteiger partial charge in [0.25, 0.3) is 0 Å². The van der Waals surface area contributed by atoms with Crippen molar-refractivity contribution in [3.05, 3.63) is 35.6 Å². The molecule has 0 radical (unpaired) electrons. The van der Waals surface area contributed by atoms with Crippen LogP contribution < -0.4 is 5.73 Å². The van der Waals surface area contributed by atoms with Gasteiger partial charge in [0, 0.05) is 12.0 Å². The van der Waals surface area contributed by atoms with Crippen LogP contribution in [0, 0.1) is 17.7 Å². The normalized spacial score (nSPS) is 29.2. The Balaban J connectivity index is 2.23. The molecule has 2 heteroatoms. The van der Waals surface area contributed by atoms with Gasteiger partial charge in [0.05, 0.1) is 0 Å². The van der Waals surface area contributed by atoms with E-state index in [1.807, 2.05) is 12.1 Å². The predicted molar refractivity (Wildman–Crippen MR) is 64.7 cm³/mol. The molecule has 0 spiro atoms. The van der Waals surface area contributed by atoms with E-state index in [-0.39, 0.29) is 11.2 Å². The molecule has 2 N–H and O–H groups in total. The first-order chi connectivity index (χ1) is 7.59. The highest BCUT2D eigenvalue weighted by molar-refractivity contribution is 5.31. The molecular weight excluding hydrogens is 201 g/mol. The summed E-state index contributed by atoms with van der Waals surface area (Å²) in [7, 11) is 0. The summed E-state index contributed by atoms with van der Waals surface area (Å²) in [6, 6.07) is 7.06. The maximum absolute atomic E-state index is 13.8. The van der Waals surface area contributed by atoms with E-state index in [9.17, 15) is 4.39 Å². The van der Waals surface area contributed by atoms with Crippen LogP contribution in [0.3, 0.4) is 0 Å². The van der Waals surface area contributed by atoms with E-state index >= 15 is 0 Å². The van der Waals surface area contributed by atoms with Crippen molar-refractivity contribution in [3.8, 4) is 0 Å². The van der Waals surface area contributed by atoms with Crippen molar-refractivity contribution in [2.24, 2.45) is 17.6 Å². The van der Waals surface area contributed by atoms with E-state index in [0.29, 0.717) is 18.4 Å². The van der Waals surface area contributed by atoms with E-state index in [2.05, 4.69) is 13.8 Å². The highest BCUT2D eigenvalue weighted by atomic mass is 19.1. The van der Waals surface area contributed by atoms with Crippen molar-refractivity contribution in [3.63, 3.8) is 0 Å². The summed E-state index contributed by atoms with van der Waals surface area (Å²) in [6.45, 7) is 5.01. The fourth-order valence-electron chi connectivity index (χ4n) is 2.80. The lowest BCUT2D eigenvalue weighted by Crippen LogP contribution is -2.49. The van der Waals surface area contributed by atoms with E-state index in [1.54, 1.807) is 6.07 Å². The molecule has 1 saturated carbocycles. The van der Waals surface area contributed by atoms with Crippen molar-refractivity contribution in [2.45, 2.75) is 32.1 Å². The predicted octanol–water partition coefficient (Wildman–Crippen LogP) is 3.09. The Labute approximate surface area is 96.9 Å². The van der Waals surface area contributed by atoms with Gasteiger partial charge >= 0.3 is 0 Å². The molecule has 1 aromatic rings. The summed E-state index contributed by atoms with van der Waals surface area (Å²) in [4.78, 5) is 0. The van der Waals surface area contributed by atoms with E-state index in [1.165, 1.54) is 6.07 Å². The minimum atomic E-state index is -0.102. The lowest BCUT2D eigenvalue weighted by molar-refractivity contribution is 0.103. The number of nitrogens with two attached hydrogens (primary N) is 1. The van der Waals surface area contributed by atoms with Crippen molar-refractivity contribution in [1.29, 1.82) is 0 Å². The summed E-state index contributed by atoms with van der Waals surface area (Å²) < 4.78 is 13.8. The topological polar surface area (TPSA) is 26.0 Å². The average molecular weight is 221 g/mol. The quantitative estimate of drug-likeness (QED) is 0.834. The van der Waals surface area contributed by atoms with Crippen LogP contribution in [0.25, 0.3) is 0 Å². The fraction of sp³-hybridized carbons (Fsp3) is 0.571. The van der Waals surface area contributed by atoms with Gasteiger partial charge in [-0.2, -0.15) is 0 Å². The van der Waals surface area contributed by atoms with Crippen LogP contribution in [0.15, 0.2) is 24.3 Å². The van der Waals surface area contributed by atoms with Gasteiger partial charge in [0.1, 0.15) is 5.82 Å². The average Bonchev–Trinajstić information content (AvgIpc) is 2.19. The first-order valence-electron chi connectivity index (χ1n) is 6.04. The minimum Gasteiger partial charge on any atom is -0.330 e. The molecule has 1 fully saturated rings. The van der Waals surface area contributed by atoms with Crippen LogP contribution in [-0.2, 0) is 5.41 Å². The Morgan fingerprint density at radius 2 is 2.00 bits per heavy atom. The van der Waals surface area contributed by atoms with Gasteiger partial charge in [-0.05, 0) is 36.3 Å². The van der Waals surface area contributed by atoms with E-state index in [0.717, 1.165) is 18.4 Å². The Hall–Kier alpha value is -0.890. The Morgan fingerprint density at radius 1 is 1.38 bits per heavy atom. The summed E-state index contributed by atoms with van der Waals surface area (Å²) in [5.41, 5.74) is 6.58. The second-order valence-corrected chi connectivity index (χ2v) is 5.38. The zero-order chi connectivity index (χ0) is 11.8. The smallest absolute Gasteiger partial charge is 0.127 e. The number of hydrogen-bond acceptors (Lipinski definition) is 1. The van der Waals surface area contributed by atoms with Crippen LogP contribution in [0.1, 0.15) is 32.3 Å². The van der Waals surface area contributed by atoms with Crippen molar-refractivity contribution in [1.82, 2.24) is 0 Å². The Bertz CT molecular complexity index is 367. The van der Waals surface area contributed by atoms with Crippen LogP contribution in [-0.4, -0.2) is 6.54 Å². The summed E-state index contributed by atoms with van der Waals surface area (Å²) in [5.74, 6) is 1.27. The number of benzene rings is 1. The fourth-order valence-corrected chi connectivity index (χ4v) is 2.80. The molecule has 1 nitrogen and oxygen atoms in total. The van der Waals surface area contributed by atoms with Gasteiger partial charge in [-0.1, -0.05) is 32.0 Å². The molecule has 88 valence electrons. The number of hydrogen-bond donors (Lipinski definition) is 1. The number of halogens is 1. The third-order valence-corrected chi connectivity index (χ3v) is 4.08. The van der Waals surface area contributed by atoms with Crippen LogP contribution in [0.2, 0.25) is 0 Å². The second-order valence-electron chi connectivity index (χ2n) is 5.38. The highest BCUT2D eigenvalue weighted by Crippen LogP contribution is 2.50. The lowest BCUT2D eigenvalue weighted by Gasteiger charge is -2.49. The lowest BCUT2D eigenvalue weighted by atomic mass is 9.56. The molecule has 0 amide bonds. The molecule has 0 bridgehead atoms. The van der Waals surface area contributed by atoms with Gasteiger partial charge in [0.2, 0.25) is 0 Å². The molecule has 2 rings (SSSR count). The highest BCUT2D eigenvalue weighted by Gasteiger charge is 2.46. The molecule has 1 aliphatic rings. The second kappa shape index (κ2) is 4.17. The maximum Gasteiger partial charge on any atom is 0.127 e. The van der Waals surface area contributed by atoms with Gasteiger partial charge in [-0.25, -0.2) is 4.39 Å². The SMILES string of the molecule is CC(C)C1CC(CN)(c2ccccc2F)C1. The first kappa shape index (κ1) is 11.6. The standard InChI is InChI=1S/C14H20FN/c1-10(2)11-7-14(8-11,9-16)12-5-3-4-6-13(12)15/h3-6,10-11H,7-9,16H2,1-2H3. The summed E-state index contributed by atoms with van der Waals surface area (Å²) >= 11 is 0. The maximum atomic E-state index is 13.8. The third-order valence-electron chi connectivity index (χ3n) is 4.08. The van der Waals surface area contributed by atoms with E-state index < -0.39 is 0 Å². The van der Waals surface area contributed by atoms with Crippen molar-refractivity contribution >= 4 is 0 Å². The van der Waals surface area contributed by atoms with Crippen molar-refractivity contribution in [2.75, 3.05) is 6.54 Å². The first-order valence-corrected chi connectivity index (χ1v) is 6.04. The zero-order valence-corrected chi connectivity index (χ0v) is 10.0. The van der Waals surface area contributed by atoms with Gasteiger partial charge < -0.3 is 5.73 Å². The monoisotopic (exact) mass is 221 g/mol. The molecule has 16 heavy (non-hydrogen) atoms. The molecule has 0 aromatic heterocycles. The number of rotatable bonds is 3. The van der Waals surface area contributed by atoms with Gasteiger partial charge in [-0.15, -0.1) is 0 Å². The van der Waals surface area contributed by atoms with Crippen LogP contribution in [0.5, 0.6) is 0 Å². The molecule has 1 aromatic carbocycles. The molecule has 0 saturated heterocycles. The molecule has 0 unspecified atom stereocenters. The molecule has 0 aliphatic heterocycles. The molecule has 1 aliphatic carbocycles. The van der Waals surface area contributed by atoms with Crippen LogP contribution >= 0.6 is 0 Å². The molecular formula is C14H20FN. The van der Waals surface area contributed by atoms with E-state index in [4.69, 9.17) is 5.73 Å². The largest absolute Gasteiger partial charge is 0.330 e. The minimum absolute atomic E-state index is 0.0969. The molecule has 0 heterocycles. The zero-order valence-electron chi connectivity index (χ0n) is 10.0. The summed E-state index contributed by atoms with van der Waals surface area (Å²) in [6.07, 6.45) is 2.06. The van der Waals surface area contributed by atoms with Crippen LogP contribution in [0.4, 0.5) is 4.39 Å².